The Morgan fingerprint density at radius 1 is 1.18 bits per heavy atom. The number of likely N-dealkylation sites (tertiary alicyclic amines) is 1. The number of carbonyl (C=O) groups excluding carboxylic acids is 2. The summed E-state index contributed by atoms with van der Waals surface area (Å²) in [5, 5.41) is 7.11. The standard InChI is InChI=1S/C26H30N4O4/c1-4-33-26(32)21-8-5-9-22(18(21)3)27-25(31)20-7-6-14-30(15-20)16-23-28-24(29-34-23)19-12-10-17(2)11-13-19/h5,8-13,20H,4,6-7,14-16H2,1-3H3,(H,27,31). The first kappa shape index (κ1) is 23.6. The summed E-state index contributed by atoms with van der Waals surface area (Å²) >= 11 is 0. The van der Waals surface area contributed by atoms with Gasteiger partial charge in [-0.05, 0) is 57.9 Å². The average molecular weight is 463 g/mol. The topological polar surface area (TPSA) is 97.6 Å². The first-order valence-electron chi connectivity index (χ1n) is 11.6. The molecule has 8 heteroatoms. The van der Waals surface area contributed by atoms with Crippen molar-refractivity contribution in [3.8, 4) is 11.4 Å². The molecule has 1 aromatic heterocycles. The van der Waals surface area contributed by atoms with Crippen LogP contribution in [0.5, 0.6) is 0 Å². The second kappa shape index (κ2) is 10.6. The maximum Gasteiger partial charge on any atom is 0.338 e. The first-order valence-corrected chi connectivity index (χ1v) is 11.6. The van der Waals surface area contributed by atoms with E-state index in [9.17, 15) is 9.59 Å². The molecule has 1 atom stereocenters. The zero-order valence-electron chi connectivity index (χ0n) is 19.8. The van der Waals surface area contributed by atoms with Crippen molar-refractivity contribution in [2.45, 2.75) is 40.2 Å². The molecule has 1 aliphatic heterocycles. The highest BCUT2D eigenvalue weighted by molar-refractivity contribution is 5.97. The Bertz CT molecular complexity index is 1160. The zero-order chi connectivity index (χ0) is 24.1. The molecule has 1 saturated heterocycles. The number of hydrogen-bond acceptors (Lipinski definition) is 7. The molecule has 8 nitrogen and oxygen atoms in total. The Morgan fingerprint density at radius 2 is 1.97 bits per heavy atom. The van der Waals surface area contributed by atoms with Crippen molar-refractivity contribution in [2.24, 2.45) is 5.92 Å². The molecule has 178 valence electrons. The van der Waals surface area contributed by atoms with Crippen LogP contribution in [-0.2, 0) is 16.1 Å². The third kappa shape index (κ3) is 5.51. The van der Waals surface area contributed by atoms with Crippen molar-refractivity contribution >= 4 is 17.6 Å². The van der Waals surface area contributed by atoms with Crippen molar-refractivity contribution in [3.63, 3.8) is 0 Å². The molecule has 1 amide bonds. The lowest BCUT2D eigenvalue weighted by atomic mass is 9.96. The van der Waals surface area contributed by atoms with E-state index in [-0.39, 0.29) is 17.8 Å². The lowest BCUT2D eigenvalue weighted by Gasteiger charge is -2.31. The molecule has 3 aromatic rings. The van der Waals surface area contributed by atoms with E-state index in [1.165, 1.54) is 5.56 Å². The number of carbonyl (C=O) groups is 2. The van der Waals surface area contributed by atoms with E-state index < -0.39 is 0 Å². The monoisotopic (exact) mass is 462 g/mol. The Hall–Kier alpha value is -3.52. The van der Waals surface area contributed by atoms with Gasteiger partial charge in [0.15, 0.2) is 0 Å². The van der Waals surface area contributed by atoms with Crippen molar-refractivity contribution in [1.29, 1.82) is 0 Å². The number of ether oxygens (including phenoxy) is 1. The molecule has 1 fully saturated rings. The molecule has 2 heterocycles. The Kier molecular flexibility index (Phi) is 7.37. The van der Waals surface area contributed by atoms with Crippen molar-refractivity contribution in [1.82, 2.24) is 15.0 Å². The molecule has 0 saturated carbocycles. The maximum absolute atomic E-state index is 13.0. The molecular weight excluding hydrogens is 432 g/mol. The highest BCUT2D eigenvalue weighted by Crippen LogP contribution is 2.24. The number of piperidine rings is 1. The second-order valence-corrected chi connectivity index (χ2v) is 8.64. The molecule has 0 radical (unpaired) electrons. The number of amides is 1. The minimum absolute atomic E-state index is 0.0558. The van der Waals surface area contributed by atoms with E-state index in [4.69, 9.17) is 9.26 Å². The number of benzene rings is 2. The lowest BCUT2D eigenvalue weighted by Crippen LogP contribution is -2.40. The van der Waals surface area contributed by atoms with Gasteiger partial charge in [-0.3, -0.25) is 9.69 Å². The molecule has 0 spiro atoms. The number of rotatable bonds is 7. The van der Waals surface area contributed by atoms with Gasteiger partial charge in [0.05, 0.1) is 24.6 Å². The van der Waals surface area contributed by atoms with Crippen molar-refractivity contribution in [2.75, 3.05) is 25.0 Å². The summed E-state index contributed by atoms with van der Waals surface area (Å²) in [4.78, 5) is 31.9. The number of anilines is 1. The minimum atomic E-state index is -0.385. The fourth-order valence-electron chi connectivity index (χ4n) is 4.18. The van der Waals surface area contributed by atoms with Crippen LogP contribution in [0.25, 0.3) is 11.4 Å². The van der Waals surface area contributed by atoms with Gasteiger partial charge in [-0.25, -0.2) is 4.79 Å². The zero-order valence-corrected chi connectivity index (χ0v) is 19.8. The molecule has 4 rings (SSSR count). The van der Waals surface area contributed by atoms with E-state index in [1.54, 1.807) is 19.1 Å². The van der Waals surface area contributed by atoms with Gasteiger partial charge in [-0.2, -0.15) is 4.98 Å². The molecular formula is C26H30N4O4. The van der Waals surface area contributed by atoms with Gasteiger partial charge in [-0.1, -0.05) is 41.1 Å². The van der Waals surface area contributed by atoms with Gasteiger partial charge in [0.1, 0.15) is 0 Å². The Morgan fingerprint density at radius 3 is 2.74 bits per heavy atom. The van der Waals surface area contributed by atoms with Crippen LogP contribution in [0.3, 0.4) is 0 Å². The van der Waals surface area contributed by atoms with E-state index >= 15 is 0 Å². The van der Waals surface area contributed by atoms with E-state index in [0.717, 1.165) is 24.9 Å². The summed E-state index contributed by atoms with van der Waals surface area (Å²) in [5.41, 5.74) is 3.89. The largest absolute Gasteiger partial charge is 0.462 e. The quantitative estimate of drug-likeness (QED) is 0.520. The van der Waals surface area contributed by atoms with Crippen LogP contribution in [-0.4, -0.2) is 46.6 Å². The lowest BCUT2D eigenvalue weighted by molar-refractivity contribution is -0.121. The summed E-state index contributed by atoms with van der Waals surface area (Å²) in [6, 6.07) is 13.3. The predicted molar refractivity (Wildman–Crippen MR) is 128 cm³/mol. The highest BCUT2D eigenvalue weighted by Gasteiger charge is 2.27. The van der Waals surface area contributed by atoms with Gasteiger partial charge in [0.2, 0.25) is 17.6 Å². The predicted octanol–water partition coefficient (Wildman–Crippen LogP) is 4.38. The normalized spacial score (nSPS) is 16.3. The van der Waals surface area contributed by atoms with Crippen LogP contribution in [0.1, 0.15) is 47.1 Å². The fraction of sp³-hybridized carbons (Fsp3) is 0.385. The van der Waals surface area contributed by atoms with Gasteiger partial charge >= 0.3 is 5.97 Å². The van der Waals surface area contributed by atoms with Crippen LogP contribution >= 0.6 is 0 Å². The average Bonchev–Trinajstić information content (AvgIpc) is 3.29. The smallest absolute Gasteiger partial charge is 0.338 e. The first-order chi connectivity index (χ1) is 16.4. The summed E-state index contributed by atoms with van der Waals surface area (Å²) < 4.78 is 10.6. The van der Waals surface area contributed by atoms with Crippen LogP contribution in [0.15, 0.2) is 47.0 Å². The van der Waals surface area contributed by atoms with Gasteiger partial charge < -0.3 is 14.6 Å². The van der Waals surface area contributed by atoms with E-state index in [1.807, 2.05) is 44.2 Å². The summed E-state index contributed by atoms with van der Waals surface area (Å²) in [6.07, 6.45) is 1.70. The Labute approximate surface area is 199 Å². The molecule has 34 heavy (non-hydrogen) atoms. The third-order valence-corrected chi connectivity index (χ3v) is 6.10. The maximum atomic E-state index is 13.0. The van der Waals surface area contributed by atoms with Crippen LogP contribution in [0, 0.1) is 19.8 Å². The van der Waals surface area contributed by atoms with Crippen LogP contribution in [0.4, 0.5) is 5.69 Å². The van der Waals surface area contributed by atoms with Gasteiger partial charge in [0, 0.05) is 17.8 Å². The van der Waals surface area contributed by atoms with Crippen LogP contribution in [0.2, 0.25) is 0 Å². The molecule has 1 unspecified atom stereocenters. The number of nitrogens with zero attached hydrogens (tertiary/aromatic N) is 3. The van der Waals surface area contributed by atoms with Gasteiger partial charge in [0.25, 0.3) is 0 Å². The summed E-state index contributed by atoms with van der Waals surface area (Å²) in [6.45, 7) is 7.89. The van der Waals surface area contributed by atoms with E-state index in [2.05, 4.69) is 20.4 Å². The van der Waals surface area contributed by atoms with Crippen molar-refractivity contribution < 1.29 is 18.8 Å². The van der Waals surface area contributed by atoms with Crippen molar-refractivity contribution in [3.05, 3.63) is 65.0 Å². The number of nitrogens with one attached hydrogen (secondary N) is 1. The SMILES string of the molecule is CCOC(=O)c1cccc(NC(=O)C2CCCN(Cc3nc(-c4ccc(C)cc4)no3)C2)c1C. The summed E-state index contributed by atoms with van der Waals surface area (Å²) in [7, 11) is 0. The second-order valence-electron chi connectivity index (χ2n) is 8.64. The van der Waals surface area contributed by atoms with Gasteiger partial charge in [-0.15, -0.1) is 0 Å². The number of aromatic nitrogens is 2. The molecule has 1 aliphatic rings. The number of aryl methyl sites for hydroxylation is 1. The van der Waals surface area contributed by atoms with Crippen LogP contribution < -0.4 is 5.32 Å². The number of hydrogen-bond donors (Lipinski definition) is 1. The van der Waals surface area contributed by atoms with E-state index in [0.29, 0.717) is 48.2 Å². The third-order valence-electron chi connectivity index (χ3n) is 6.10. The molecule has 0 bridgehead atoms. The Balaban J connectivity index is 1.38. The molecule has 1 N–H and O–H groups in total. The molecule has 0 aliphatic carbocycles. The fourth-order valence-corrected chi connectivity index (χ4v) is 4.18. The highest BCUT2D eigenvalue weighted by atomic mass is 16.5. The number of esters is 1. The minimum Gasteiger partial charge on any atom is -0.462 e. The molecule has 2 aromatic carbocycles. The summed E-state index contributed by atoms with van der Waals surface area (Å²) in [5.74, 6) is 0.496.